The monoisotopic (exact) mass is 336 g/mol. The standard InChI is InChI=1S/C26H24/c1-17-5-8-21(9-6-17)10-11-22-12-14-24-20(4)19(3)23-13-7-18(2)15-25(23)26(24)16-22/h5-16H,1-4H3/b11-10+. The van der Waals surface area contributed by atoms with Crippen molar-refractivity contribution in [2.75, 3.05) is 0 Å². The van der Waals surface area contributed by atoms with Gasteiger partial charge in [0, 0.05) is 0 Å². The molecule has 0 unspecified atom stereocenters. The summed E-state index contributed by atoms with van der Waals surface area (Å²) in [6.07, 6.45) is 4.40. The largest absolute Gasteiger partial charge is 0.0587 e. The third-order valence-electron chi connectivity index (χ3n) is 5.42. The Morgan fingerprint density at radius 1 is 0.462 bits per heavy atom. The number of benzene rings is 4. The van der Waals surface area contributed by atoms with E-state index < -0.39 is 0 Å². The molecule has 4 aromatic carbocycles. The van der Waals surface area contributed by atoms with Crippen molar-refractivity contribution in [2.24, 2.45) is 0 Å². The number of rotatable bonds is 2. The summed E-state index contributed by atoms with van der Waals surface area (Å²) in [5, 5.41) is 5.42. The van der Waals surface area contributed by atoms with E-state index in [0.29, 0.717) is 0 Å². The Bertz CT molecular complexity index is 1140. The minimum atomic E-state index is 1.23. The van der Waals surface area contributed by atoms with E-state index in [1.165, 1.54) is 54.9 Å². The minimum absolute atomic E-state index is 1.23. The van der Waals surface area contributed by atoms with E-state index in [0.717, 1.165) is 0 Å². The van der Waals surface area contributed by atoms with Gasteiger partial charge in [-0.15, -0.1) is 0 Å². The average Bonchev–Trinajstić information content (AvgIpc) is 2.65. The maximum absolute atomic E-state index is 2.33. The van der Waals surface area contributed by atoms with Crippen molar-refractivity contribution in [1.29, 1.82) is 0 Å². The van der Waals surface area contributed by atoms with Crippen LogP contribution in [0.5, 0.6) is 0 Å². The van der Waals surface area contributed by atoms with Crippen LogP contribution in [0.2, 0.25) is 0 Å². The van der Waals surface area contributed by atoms with E-state index in [2.05, 4.69) is 101 Å². The third kappa shape index (κ3) is 2.93. The first-order valence-electron chi connectivity index (χ1n) is 9.21. The number of fused-ring (bicyclic) bond motifs is 3. The summed E-state index contributed by atoms with van der Waals surface area (Å²) >= 11 is 0. The molecule has 0 aliphatic heterocycles. The molecule has 0 saturated heterocycles. The lowest BCUT2D eigenvalue weighted by Gasteiger charge is -2.13. The predicted molar refractivity (Wildman–Crippen MR) is 116 cm³/mol. The summed E-state index contributed by atoms with van der Waals surface area (Å²) in [6.45, 7) is 8.76. The zero-order valence-electron chi connectivity index (χ0n) is 15.9. The van der Waals surface area contributed by atoms with Gasteiger partial charge in [0.15, 0.2) is 0 Å². The maximum Gasteiger partial charge on any atom is -0.00965 e. The molecule has 4 aromatic rings. The van der Waals surface area contributed by atoms with Gasteiger partial charge in [-0.1, -0.05) is 77.9 Å². The minimum Gasteiger partial charge on any atom is -0.0587 e. The first-order chi connectivity index (χ1) is 12.5. The molecule has 0 aromatic heterocycles. The van der Waals surface area contributed by atoms with Crippen LogP contribution >= 0.6 is 0 Å². The molecule has 128 valence electrons. The smallest absolute Gasteiger partial charge is 0.00965 e. The van der Waals surface area contributed by atoms with Crippen LogP contribution in [-0.2, 0) is 0 Å². The van der Waals surface area contributed by atoms with Crippen molar-refractivity contribution in [3.05, 3.63) is 94.0 Å². The van der Waals surface area contributed by atoms with E-state index in [-0.39, 0.29) is 0 Å². The van der Waals surface area contributed by atoms with Gasteiger partial charge in [0.25, 0.3) is 0 Å². The van der Waals surface area contributed by atoms with E-state index in [1.54, 1.807) is 0 Å². The zero-order chi connectivity index (χ0) is 18.3. The first-order valence-corrected chi connectivity index (χ1v) is 9.21. The summed E-state index contributed by atoms with van der Waals surface area (Å²) in [7, 11) is 0. The molecule has 0 radical (unpaired) electrons. The van der Waals surface area contributed by atoms with Crippen LogP contribution in [0.15, 0.2) is 60.7 Å². The molecule has 0 aliphatic rings. The van der Waals surface area contributed by atoms with Crippen LogP contribution in [0.4, 0.5) is 0 Å². The molecule has 0 heteroatoms. The molecule has 0 N–H and O–H groups in total. The second kappa shape index (κ2) is 6.46. The highest BCUT2D eigenvalue weighted by atomic mass is 14.1. The molecule has 0 heterocycles. The van der Waals surface area contributed by atoms with Gasteiger partial charge in [0.05, 0.1) is 0 Å². The van der Waals surface area contributed by atoms with Gasteiger partial charge in [0.2, 0.25) is 0 Å². The Kier molecular flexibility index (Phi) is 4.12. The van der Waals surface area contributed by atoms with Gasteiger partial charge in [-0.25, -0.2) is 0 Å². The zero-order valence-corrected chi connectivity index (χ0v) is 15.9. The van der Waals surface area contributed by atoms with Crippen molar-refractivity contribution >= 4 is 33.7 Å². The fourth-order valence-corrected chi connectivity index (χ4v) is 3.70. The Hall–Kier alpha value is -2.86. The fraction of sp³-hybridized carbons (Fsp3) is 0.154. The highest BCUT2D eigenvalue weighted by Gasteiger charge is 2.09. The summed E-state index contributed by atoms with van der Waals surface area (Å²) < 4.78 is 0. The lowest BCUT2D eigenvalue weighted by Crippen LogP contribution is -1.90. The molecular weight excluding hydrogens is 312 g/mol. The highest BCUT2D eigenvalue weighted by Crippen LogP contribution is 2.33. The molecule has 0 spiro atoms. The summed E-state index contributed by atoms with van der Waals surface area (Å²) in [6, 6.07) is 22.3. The molecule has 0 fully saturated rings. The fourth-order valence-electron chi connectivity index (χ4n) is 3.70. The van der Waals surface area contributed by atoms with Crippen LogP contribution in [-0.4, -0.2) is 0 Å². The van der Waals surface area contributed by atoms with Crippen molar-refractivity contribution < 1.29 is 0 Å². The molecule has 4 rings (SSSR count). The first kappa shape index (κ1) is 16.6. The molecule has 0 amide bonds. The Labute approximate surface area is 155 Å². The normalized spacial score (nSPS) is 11.7. The number of hydrogen-bond donors (Lipinski definition) is 0. The average molecular weight is 336 g/mol. The van der Waals surface area contributed by atoms with E-state index in [1.807, 2.05) is 0 Å². The van der Waals surface area contributed by atoms with Crippen LogP contribution in [0.25, 0.3) is 33.7 Å². The summed E-state index contributed by atoms with van der Waals surface area (Å²) in [5.74, 6) is 0. The van der Waals surface area contributed by atoms with Crippen LogP contribution < -0.4 is 0 Å². The molecule has 26 heavy (non-hydrogen) atoms. The second-order valence-corrected chi connectivity index (χ2v) is 7.35. The van der Waals surface area contributed by atoms with Crippen molar-refractivity contribution in [3.63, 3.8) is 0 Å². The van der Waals surface area contributed by atoms with Crippen LogP contribution in [0.3, 0.4) is 0 Å². The third-order valence-corrected chi connectivity index (χ3v) is 5.42. The SMILES string of the molecule is Cc1ccc(/C=C/c2ccc3c(C)c(C)c4ccc(C)cc4c3c2)cc1. The molecule has 0 bridgehead atoms. The summed E-state index contributed by atoms with van der Waals surface area (Å²) in [4.78, 5) is 0. The lowest BCUT2D eigenvalue weighted by atomic mass is 9.91. The van der Waals surface area contributed by atoms with Gasteiger partial charge in [-0.05, 0) is 77.6 Å². The van der Waals surface area contributed by atoms with Crippen molar-refractivity contribution in [3.8, 4) is 0 Å². The van der Waals surface area contributed by atoms with Crippen molar-refractivity contribution in [2.45, 2.75) is 27.7 Å². The van der Waals surface area contributed by atoms with Gasteiger partial charge in [-0.3, -0.25) is 0 Å². The Morgan fingerprint density at radius 3 is 1.65 bits per heavy atom. The van der Waals surface area contributed by atoms with E-state index in [4.69, 9.17) is 0 Å². The molecule has 0 aliphatic carbocycles. The molecule has 0 nitrogen and oxygen atoms in total. The van der Waals surface area contributed by atoms with Gasteiger partial charge in [0.1, 0.15) is 0 Å². The van der Waals surface area contributed by atoms with Gasteiger partial charge >= 0.3 is 0 Å². The number of hydrogen-bond acceptors (Lipinski definition) is 0. The Balaban J connectivity index is 1.88. The van der Waals surface area contributed by atoms with Crippen LogP contribution in [0, 0.1) is 27.7 Å². The van der Waals surface area contributed by atoms with Crippen molar-refractivity contribution in [1.82, 2.24) is 0 Å². The van der Waals surface area contributed by atoms with Crippen LogP contribution in [0.1, 0.15) is 33.4 Å². The Morgan fingerprint density at radius 2 is 0.962 bits per heavy atom. The summed E-state index contributed by atoms with van der Waals surface area (Å²) in [5.41, 5.74) is 7.84. The molecule has 0 saturated carbocycles. The molecular formula is C26H24. The maximum atomic E-state index is 2.33. The van der Waals surface area contributed by atoms with E-state index in [9.17, 15) is 0 Å². The highest BCUT2D eigenvalue weighted by molar-refractivity contribution is 6.11. The quantitative estimate of drug-likeness (QED) is 0.264. The predicted octanol–water partition coefficient (Wildman–Crippen LogP) is 7.40. The van der Waals surface area contributed by atoms with Gasteiger partial charge < -0.3 is 0 Å². The van der Waals surface area contributed by atoms with Gasteiger partial charge in [-0.2, -0.15) is 0 Å². The molecule has 0 atom stereocenters. The van der Waals surface area contributed by atoms with E-state index >= 15 is 0 Å². The lowest BCUT2D eigenvalue weighted by molar-refractivity contribution is 1.40. The topological polar surface area (TPSA) is 0 Å². The number of aryl methyl sites for hydroxylation is 4. The second-order valence-electron chi connectivity index (χ2n) is 7.35.